The maximum atomic E-state index is 12.5. The summed E-state index contributed by atoms with van der Waals surface area (Å²) in [5, 5.41) is 12.3. The highest BCUT2D eigenvalue weighted by molar-refractivity contribution is 5.93. The topological polar surface area (TPSA) is 64.7 Å². The van der Waals surface area contributed by atoms with E-state index in [1.807, 2.05) is 67.6 Å². The van der Waals surface area contributed by atoms with Crippen LogP contribution < -0.4 is 5.32 Å². The zero-order valence-electron chi connectivity index (χ0n) is 17.8. The summed E-state index contributed by atoms with van der Waals surface area (Å²) < 4.78 is 3.76. The minimum atomic E-state index is -0.145. The average Bonchev–Trinajstić information content (AvgIpc) is 3.42. The SMILES string of the molecule is Cc1ccc(-c2cn(CC(=O)Nc3ccc4c(ccn4Cc4ccccc4)c3)nn2)cc1. The molecule has 1 amide bonds. The van der Waals surface area contributed by atoms with Crippen LogP contribution in [0.2, 0.25) is 0 Å². The molecule has 0 aliphatic carbocycles. The molecular formula is C26H23N5O. The second-order valence-corrected chi connectivity index (χ2v) is 7.92. The Morgan fingerprint density at radius 1 is 0.969 bits per heavy atom. The maximum Gasteiger partial charge on any atom is 0.246 e. The van der Waals surface area contributed by atoms with Crippen molar-refractivity contribution in [3.8, 4) is 11.3 Å². The molecule has 6 nitrogen and oxygen atoms in total. The Kier molecular flexibility index (Phi) is 5.25. The van der Waals surface area contributed by atoms with Gasteiger partial charge in [-0.1, -0.05) is 65.4 Å². The van der Waals surface area contributed by atoms with E-state index in [-0.39, 0.29) is 12.5 Å². The maximum absolute atomic E-state index is 12.5. The van der Waals surface area contributed by atoms with E-state index >= 15 is 0 Å². The minimum Gasteiger partial charge on any atom is -0.343 e. The number of carbonyl (C=O) groups excluding carboxylic acids is 1. The van der Waals surface area contributed by atoms with Crippen molar-refractivity contribution in [2.75, 3.05) is 5.32 Å². The fourth-order valence-corrected chi connectivity index (χ4v) is 3.78. The van der Waals surface area contributed by atoms with Crippen LogP contribution >= 0.6 is 0 Å². The van der Waals surface area contributed by atoms with Crippen LogP contribution in [0.1, 0.15) is 11.1 Å². The van der Waals surface area contributed by atoms with Crippen molar-refractivity contribution >= 4 is 22.5 Å². The van der Waals surface area contributed by atoms with Gasteiger partial charge >= 0.3 is 0 Å². The Morgan fingerprint density at radius 3 is 2.59 bits per heavy atom. The van der Waals surface area contributed by atoms with Gasteiger partial charge in [-0.05, 0) is 36.8 Å². The third-order valence-corrected chi connectivity index (χ3v) is 5.44. The van der Waals surface area contributed by atoms with Crippen LogP contribution in [0.25, 0.3) is 22.2 Å². The van der Waals surface area contributed by atoms with E-state index in [1.165, 1.54) is 11.1 Å². The summed E-state index contributed by atoms with van der Waals surface area (Å²) in [6.07, 6.45) is 3.86. The second-order valence-electron chi connectivity index (χ2n) is 7.92. The molecule has 0 radical (unpaired) electrons. The van der Waals surface area contributed by atoms with Gasteiger partial charge in [-0.3, -0.25) is 4.79 Å². The molecule has 1 N–H and O–H groups in total. The van der Waals surface area contributed by atoms with Crippen LogP contribution in [0, 0.1) is 6.92 Å². The van der Waals surface area contributed by atoms with Gasteiger partial charge in [0.05, 0.1) is 6.20 Å². The molecule has 0 saturated carbocycles. The molecule has 0 aliphatic rings. The molecule has 0 fully saturated rings. The smallest absolute Gasteiger partial charge is 0.246 e. The van der Waals surface area contributed by atoms with Crippen molar-refractivity contribution in [1.82, 2.24) is 19.6 Å². The van der Waals surface area contributed by atoms with Gasteiger partial charge in [0.25, 0.3) is 0 Å². The molecule has 0 spiro atoms. The molecule has 32 heavy (non-hydrogen) atoms. The zero-order chi connectivity index (χ0) is 21.9. The van der Waals surface area contributed by atoms with Crippen LogP contribution in [0.4, 0.5) is 5.69 Å². The summed E-state index contributed by atoms with van der Waals surface area (Å²) >= 11 is 0. The molecule has 158 valence electrons. The van der Waals surface area contributed by atoms with Gasteiger partial charge < -0.3 is 9.88 Å². The number of benzene rings is 3. The standard InChI is InChI=1S/C26H23N5O/c1-19-7-9-21(10-8-19)24-17-31(29-28-24)18-26(32)27-23-11-12-25-22(15-23)13-14-30(25)16-20-5-3-2-4-6-20/h2-15,17H,16,18H2,1H3,(H,27,32). The molecule has 5 rings (SSSR count). The number of carbonyl (C=O) groups is 1. The number of amides is 1. The van der Waals surface area contributed by atoms with Gasteiger partial charge in [0.2, 0.25) is 5.91 Å². The van der Waals surface area contributed by atoms with E-state index in [4.69, 9.17) is 0 Å². The molecule has 5 aromatic rings. The lowest BCUT2D eigenvalue weighted by Gasteiger charge is -2.08. The summed E-state index contributed by atoms with van der Waals surface area (Å²) in [5.74, 6) is -0.145. The molecule has 0 aliphatic heterocycles. The number of hydrogen-bond donors (Lipinski definition) is 1. The van der Waals surface area contributed by atoms with Gasteiger partial charge in [-0.15, -0.1) is 5.10 Å². The molecular weight excluding hydrogens is 398 g/mol. The van der Waals surface area contributed by atoms with Gasteiger partial charge in [0.1, 0.15) is 12.2 Å². The number of fused-ring (bicyclic) bond motifs is 1. The number of hydrogen-bond acceptors (Lipinski definition) is 3. The molecule has 0 unspecified atom stereocenters. The molecule has 2 heterocycles. The van der Waals surface area contributed by atoms with Crippen molar-refractivity contribution in [3.05, 3.63) is 102 Å². The van der Waals surface area contributed by atoms with Gasteiger partial charge in [0, 0.05) is 34.9 Å². The summed E-state index contributed by atoms with van der Waals surface area (Å²) in [4.78, 5) is 12.5. The molecule has 0 bridgehead atoms. The third-order valence-electron chi connectivity index (χ3n) is 5.44. The van der Waals surface area contributed by atoms with E-state index in [2.05, 4.69) is 44.6 Å². The normalized spacial score (nSPS) is 11.0. The monoisotopic (exact) mass is 421 g/mol. The third kappa shape index (κ3) is 4.30. The Morgan fingerprint density at radius 2 is 1.78 bits per heavy atom. The van der Waals surface area contributed by atoms with Crippen molar-refractivity contribution < 1.29 is 4.79 Å². The lowest BCUT2D eigenvalue weighted by atomic mass is 10.1. The van der Waals surface area contributed by atoms with E-state index in [9.17, 15) is 4.79 Å². The fraction of sp³-hybridized carbons (Fsp3) is 0.115. The Hall–Kier alpha value is -4.19. The number of anilines is 1. The molecule has 3 aromatic carbocycles. The van der Waals surface area contributed by atoms with Crippen molar-refractivity contribution in [2.45, 2.75) is 20.0 Å². The predicted molar refractivity (Wildman–Crippen MR) is 126 cm³/mol. The van der Waals surface area contributed by atoms with Crippen molar-refractivity contribution in [3.63, 3.8) is 0 Å². The number of rotatable bonds is 6. The highest BCUT2D eigenvalue weighted by Crippen LogP contribution is 2.22. The van der Waals surface area contributed by atoms with Crippen LogP contribution in [-0.2, 0) is 17.9 Å². The first-order valence-electron chi connectivity index (χ1n) is 10.5. The highest BCUT2D eigenvalue weighted by Gasteiger charge is 2.09. The zero-order valence-corrected chi connectivity index (χ0v) is 17.8. The summed E-state index contributed by atoms with van der Waals surface area (Å²) in [6.45, 7) is 2.96. The first kappa shape index (κ1) is 19.8. The Bertz CT molecular complexity index is 1370. The van der Waals surface area contributed by atoms with Crippen LogP contribution in [0.5, 0.6) is 0 Å². The first-order valence-corrected chi connectivity index (χ1v) is 10.5. The lowest BCUT2D eigenvalue weighted by Crippen LogP contribution is -2.19. The molecule has 6 heteroatoms. The number of nitrogens with zero attached hydrogens (tertiary/aromatic N) is 4. The van der Waals surface area contributed by atoms with Gasteiger partial charge in [-0.2, -0.15) is 0 Å². The Labute approximate surface area is 186 Å². The minimum absolute atomic E-state index is 0.103. The molecule has 2 aromatic heterocycles. The molecule has 0 saturated heterocycles. The van der Waals surface area contributed by atoms with E-state index in [1.54, 1.807) is 10.9 Å². The largest absolute Gasteiger partial charge is 0.343 e. The quantitative estimate of drug-likeness (QED) is 0.424. The van der Waals surface area contributed by atoms with Gasteiger partial charge in [-0.25, -0.2) is 4.68 Å². The lowest BCUT2D eigenvalue weighted by molar-refractivity contribution is -0.116. The summed E-state index contributed by atoms with van der Waals surface area (Å²) in [7, 11) is 0. The number of aromatic nitrogens is 4. The number of aryl methyl sites for hydroxylation is 1. The van der Waals surface area contributed by atoms with Gasteiger partial charge in [0.15, 0.2) is 0 Å². The average molecular weight is 422 g/mol. The van der Waals surface area contributed by atoms with E-state index < -0.39 is 0 Å². The Balaban J connectivity index is 1.25. The summed E-state index contributed by atoms with van der Waals surface area (Å²) in [6, 6.07) is 26.5. The van der Waals surface area contributed by atoms with Crippen molar-refractivity contribution in [1.29, 1.82) is 0 Å². The summed E-state index contributed by atoms with van der Waals surface area (Å²) in [5.41, 5.74) is 6.06. The fourth-order valence-electron chi connectivity index (χ4n) is 3.78. The first-order chi connectivity index (χ1) is 15.6. The van der Waals surface area contributed by atoms with Crippen LogP contribution in [0.15, 0.2) is 91.3 Å². The van der Waals surface area contributed by atoms with Crippen LogP contribution in [0.3, 0.4) is 0 Å². The predicted octanol–water partition coefficient (Wildman–Crippen LogP) is 4.90. The van der Waals surface area contributed by atoms with Crippen molar-refractivity contribution in [2.24, 2.45) is 0 Å². The highest BCUT2D eigenvalue weighted by atomic mass is 16.2. The number of nitrogens with one attached hydrogen (secondary N) is 1. The molecule has 0 atom stereocenters. The van der Waals surface area contributed by atoms with E-state index in [0.29, 0.717) is 0 Å². The van der Waals surface area contributed by atoms with E-state index in [0.717, 1.165) is 34.4 Å². The van der Waals surface area contributed by atoms with Crippen LogP contribution in [-0.4, -0.2) is 25.5 Å². The second kappa shape index (κ2) is 8.51.